The van der Waals surface area contributed by atoms with Gasteiger partial charge in [-0.15, -0.1) is 5.10 Å². The van der Waals surface area contributed by atoms with E-state index in [-0.39, 0.29) is 5.69 Å². The van der Waals surface area contributed by atoms with E-state index in [1.807, 2.05) is 6.92 Å². The monoisotopic (exact) mass is 190 g/mol. The maximum absolute atomic E-state index is 12.2. The highest BCUT2D eigenvalue weighted by molar-refractivity contribution is 5.02. The fraction of sp³-hybridized carbons (Fsp3) is 0.714. The molecule has 13 heavy (non-hydrogen) atoms. The summed E-state index contributed by atoms with van der Waals surface area (Å²) >= 11 is 0. The summed E-state index contributed by atoms with van der Waals surface area (Å²) in [6.45, 7) is 2.50. The Balaban J connectivity index is 2.80. The molecule has 2 N–H and O–H groups in total. The van der Waals surface area contributed by atoms with E-state index in [9.17, 15) is 8.78 Å². The summed E-state index contributed by atoms with van der Waals surface area (Å²) in [5.41, 5.74) is 5.55. The number of aromatic nitrogens is 3. The number of hydrogen-bond acceptors (Lipinski definition) is 3. The van der Waals surface area contributed by atoms with Gasteiger partial charge in [0.1, 0.15) is 6.04 Å². The summed E-state index contributed by atoms with van der Waals surface area (Å²) in [6, 6.07) is -1.29. The van der Waals surface area contributed by atoms with Crippen molar-refractivity contribution in [2.24, 2.45) is 5.73 Å². The fourth-order valence-electron chi connectivity index (χ4n) is 1.04. The molecule has 0 amide bonds. The Morgan fingerprint density at radius 3 is 2.85 bits per heavy atom. The Bertz CT molecular complexity index is 261. The lowest BCUT2D eigenvalue weighted by Gasteiger charge is -2.11. The van der Waals surface area contributed by atoms with Gasteiger partial charge >= 0.3 is 0 Å². The predicted octanol–water partition coefficient (Wildman–Crippen LogP) is 0.953. The van der Waals surface area contributed by atoms with Crippen molar-refractivity contribution in [3.63, 3.8) is 0 Å². The number of alkyl halides is 2. The van der Waals surface area contributed by atoms with Crippen LogP contribution in [0.4, 0.5) is 8.78 Å². The van der Waals surface area contributed by atoms with Crippen molar-refractivity contribution in [2.75, 3.05) is 0 Å². The molecule has 0 saturated heterocycles. The zero-order chi connectivity index (χ0) is 9.84. The van der Waals surface area contributed by atoms with Crippen LogP contribution in [0.5, 0.6) is 0 Å². The molecule has 0 aliphatic heterocycles. The molecule has 1 aromatic heterocycles. The van der Waals surface area contributed by atoms with Crippen LogP contribution in [-0.2, 0) is 6.54 Å². The number of hydrogen-bond donors (Lipinski definition) is 1. The van der Waals surface area contributed by atoms with E-state index in [4.69, 9.17) is 5.73 Å². The van der Waals surface area contributed by atoms with Crippen LogP contribution in [0.3, 0.4) is 0 Å². The Kier molecular flexibility index (Phi) is 3.30. The van der Waals surface area contributed by atoms with Crippen LogP contribution in [-0.4, -0.2) is 21.4 Å². The fourth-order valence-corrected chi connectivity index (χ4v) is 1.04. The van der Waals surface area contributed by atoms with Crippen molar-refractivity contribution >= 4 is 0 Å². The average Bonchev–Trinajstić information content (AvgIpc) is 2.52. The minimum atomic E-state index is -2.57. The van der Waals surface area contributed by atoms with Crippen LogP contribution in [0.15, 0.2) is 6.20 Å². The number of halogens is 2. The highest BCUT2D eigenvalue weighted by Crippen LogP contribution is 2.16. The van der Waals surface area contributed by atoms with Crippen molar-refractivity contribution in [1.29, 1.82) is 0 Å². The van der Waals surface area contributed by atoms with Gasteiger partial charge < -0.3 is 5.73 Å². The molecule has 0 aliphatic carbocycles. The first-order valence-corrected chi connectivity index (χ1v) is 4.09. The van der Waals surface area contributed by atoms with Crippen molar-refractivity contribution in [3.05, 3.63) is 11.9 Å². The van der Waals surface area contributed by atoms with Gasteiger partial charge in [-0.25, -0.2) is 13.5 Å². The van der Waals surface area contributed by atoms with E-state index < -0.39 is 12.5 Å². The smallest absolute Gasteiger partial charge is 0.259 e. The third kappa shape index (κ3) is 2.21. The number of nitrogens with zero attached hydrogens (tertiary/aromatic N) is 3. The van der Waals surface area contributed by atoms with Gasteiger partial charge in [0.25, 0.3) is 6.43 Å². The maximum atomic E-state index is 12.2. The Morgan fingerprint density at radius 1 is 1.62 bits per heavy atom. The molecule has 1 aromatic rings. The van der Waals surface area contributed by atoms with Crippen molar-refractivity contribution in [3.8, 4) is 0 Å². The molecule has 6 heteroatoms. The lowest BCUT2D eigenvalue weighted by molar-refractivity contribution is 0.112. The molecule has 0 saturated carbocycles. The summed E-state index contributed by atoms with van der Waals surface area (Å²) in [4.78, 5) is 0. The number of rotatable bonds is 4. The van der Waals surface area contributed by atoms with Gasteiger partial charge in [0.2, 0.25) is 0 Å². The normalized spacial score (nSPS) is 13.6. The Labute approximate surface area is 74.7 Å². The van der Waals surface area contributed by atoms with E-state index in [1.165, 1.54) is 10.9 Å². The molecule has 74 valence electrons. The first-order valence-electron chi connectivity index (χ1n) is 4.09. The maximum Gasteiger partial charge on any atom is 0.259 e. The van der Waals surface area contributed by atoms with Crippen LogP contribution in [0.2, 0.25) is 0 Å². The summed E-state index contributed by atoms with van der Waals surface area (Å²) in [6.07, 6.45) is -0.479. The first kappa shape index (κ1) is 10.0. The van der Waals surface area contributed by atoms with Crippen molar-refractivity contribution in [2.45, 2.75) is 32.4 Å². The Morgan fingerprint density at radius 2 is 2.31 bits per heavy atom. The highest BCUT2D eigenvalue weighted by atomic mass is 19.3. The largest absolute Gasteiger partial charge is 0.318 e. The summed E-state index contributed by atoms with van der Waals surface area (Å²) < 4.78 is 25.8. The SMILES string of the molecule is CCCn1nncc1C(N)C(F)F. The third-order valence-corrected chi connectivity index (χ3v) is 1.70. The van der Waals surface area contributed by atoms with Crippen LogP contribution >= 0.6 is 0 Å². The van der Waals surface area contributed by atoms with Crippen LogP contribution in [0.25, 0.3) is 0 Å². The predicted molar refractivity (Wildman–Crippen MR) is 43.2 cm³/mol. The van der Waals surface area contributed by atoms with Gasteiger partial charge in [-0.1, -0.05) is 12.1 Å². The molecule has 1 rings (SSSR count). The quantitative estimate of drug-likeness (QED) is 0.769. The van der Waals surface area contributed by atoms with E-state index in [1.54, 1.807) is 0 Å². The molecule has 0 spiro atoms. The molecule has 0 aliphatic rings. The van der Waals surface area contributed by atoms with Crippen LogP contribution in [0.1, 0.15) is 25.1 Å². The topological polar surface area (TPSA) is 56.7 Å². The van der Waals surface area contributed by atoms with Crippen molar-refractivity contribution < 1.29 is 8.78 Å². The van der Waals surface area contributed by atoms with E-state index in [0.717, 1.165) is 6.42 Å². The molecule has 1 atom stereocenters. The third-order valence-electron chi connectivity index (χ3n) is 1.70. The summed E-state index contributed by atoms with van der Waals surface area (Å²) in [5, 5.41) is 7.21. The molecular formula is C7H12F2N4. The van der Waals surface area contributed by atoms with Crippen molar-refractivity contribution in [1.82, 2.24) is 15.0 Å². The Hall–Kier alpha value is -1.04. The van der Waals surface area contributed by atoms with Gasteiger partial charge in [0.05, 0.1) is 11.9 Å². The molecule has 4 nitrogen and oxygen atoms in total. The molecule has 0 aromatic carbocycles. The first-order chi connectivity index (χ1) is 6.16. The average molecular weight is 190 g/mol. The van der Waals surface area contributed by atoms with E-state index in [0.29, 0.717) is 6.54 Å². The zero-order valence-electron chi connectivity index (χ0n) is 7.32. The summed E-state index contributed by atoms with van der Waals surface area (Å²) in [7, 11) is 0. The minimum absolute atomic E-state index is 0.289. The molecule has 1 heterocycles. The second kappa shape index (κ2) is 4.27. The van der Waals surface area contributed by atoms with Gasteiger partial charge in [0, 0.05) is 6.54 Å². The standard InChI is InChI=1S/C7H12F2N4/c1-2-3-13-5(4-11-12-13)6(10)7(8)9/h4,6-7H,2-3,10H2,1H3. The molecular weight excluding hydrogens is 178 g/mol. The van der Waals surface area contributed by atoms with Gasteiger partial charge in [0.15, 0.2) is 0 Å². The second-order valence-corrected chi connectivity index (χ2v) is 2.74. The van der Waals surface area contributed by atoms with Crippen LogP contribution < -0.4 is 5.73 Å². The zero-order valence-corrected chi connectivity index (χ0v) is 7.32. The van der Waals surface area contributed by atoms with Crippen LogP contribution in [0, 0.1) is 0 Å². The molecule has 1 unspecified atom stereocenters. The molecule has 0 fully saturated rings. The lowest BCUT2D eigenvalue weighted by atomic mass is 10.2. The molecule has 0 radical (unpaired) electrons. The lowest BCUT2D eigenvalue weighted by Crippen LogP contribution is -2.22. The molecule has 0 bridgehead atoms. The second-order valence-electron chi connectivity index (χ2n) is 2.74. The van der Waals surface area contributed by atoms with Gasteiger partial charge in [-0.2, -0.15) is 0 Å². The highest BCUT2D eigenvalue weighted by Gasteiger charge is 2.21. The van der Waals surface area contributed by atoms with E-state index >= 15 is 0 Å². The van der Waals surface area contributed by atoms with Gasteiger partial charge in [-0.05, 0) is 6.42 Å². The number of aryl methyl sites for hydroxylation is 1. The van der Waals surface area contributed by atoms with E-state index in [2.05, 4.69) is 10.3 Å². The van der Waals surface area contributed by atoms with Gasteiger partial charge in [-0.3, -0.25) is 0 Å². The minimum Gasteiger partial charge on any atom is -0.318 e. The number of nitrogens with two attached hydrogens (primary N) is 1. The summed E-state index contributed by atoms with van der Waals surface area (Å²) in [5.74, 6) is 0.